The summed E-state index contributed by atoms with van der Waals surface area (Å²) in [5.41, 5.74) is 1.51. The number of nitrogens with zero attached hydrogens (tertiary/aromatic N) is 9. The van der Waals surface area contributed by atoms with Crippen LogP contribution in [0.5, 0.6) is 0 Å². The lowest BCUT2D eigenvalue weighted by molar-refractivity contribution is 0.478. The molecular formula is C18H16FN9. The Labute approximate surface area is 159 Å². The average molecular weight is 377 g/mol. The van der Waals surface area contributed by atoms with E-state index in [0.717, 1.165) is 11.4 Å². The lowest BCUT2D eigenvalue weighted by Crippen LogP contribution is -2.59. The van der Waals surface area contributed by atoms with Gasteiger partial charge in [0.1, 0.15) is 12.1 Å². The molecule has 0 unspecified atom stereocenters. The maximum atomic E-state index is 13.9. The second kappa shape index (κ2) is 6.48. The molecule has 0 spiro atoms. The van der Waals surface area contributed by atoms with Gasteiger partial charge in [-0.15, -0.1) is 15.3 Å². The number of hydrogen-bond acceptors (Lipinski definition) is 8. The lowest BCUT2D eigenvalue weighted by atomic mass is 10.1. The van der Waals surface area contributed by atoms with Gasteiger partial charge in [0.05, 0.1) is 12.2 Å². The van der Waals surface area contributed by atoms with Crippen molar-refractivity contribution in [3.63, 3.8) is 0 Å². The van der Waals surface area contributed by atoms with Gasteiger partial charge in [-0.1, -0.05) is 0 Å². The molecule has 9 nitrogen and oxygen atoms in total. The summed E-state index contributed by atoms with van der Waals surface area (Å²) in [6.07, 6.45) is 5.97. The molecule has 1 fully saturated rings. The van der Waals surface area contributed by atoms with Crippen LogP contribution >= 0.6 is 0 Å². The van der Waals surface area contributed by atoms with Crippen molar-refractivity contribution < 1.29 is 4.39 Å². The zero-order valence-electron chi connectivity index (χ0n) is 15.0. The highest BCUT2D eigenvalue weighted by molar-refractivity contribution is 5.59. The van der Waals surface area contributed by atoms with E-state index in [-0.39, 0.29) is 6.04 Å². The van der Waals surface area contributed by atoms with Crippen molar-refractivity contribution in [3.05, 3.63) is 55.0 Å². The number of pyridine rings is 1. The van der Waals surface area contributed by atoms with Gasteiger partial charge < -0.3 is 9.80 Å². The Balaban J connectivity index is 1.37. The van der Waals surface area contributed by atoms with E-state index in [1.807, 2.05) is 36.2 Å². The second-order valence-electron chi connectivity index (χ2n) is 6.59. The van der Waals surface area contributed by atoms with Gasteiger partial charge in [0.15, 0.2) is 23.1 Å². The third-order valence-electron chi connectivity index (χ3n) is 4.88. The summed E-state index contributed by atoms with van der Waals surface area (Å²) in [5, 5.41) is 13.1. The summed E-state index contributed by atoms with van der Waals surface area (Å²) >= 11 is 0. The zero-order chi connectivity index (χ0) is 19.1. The molecule has 5 heterocycles. The topological polar surface area (TPSA) is 88.2 Å². The van der Waals surface area contributed by atoms with Crippen LogP contribution < -0.4 is 9.80 Å². The molecule has 0 atom stereocenters. The normalized spacial score (nSPS) is 14.3. The average Bonchev–Trinajstić information content (AvgIpc) is 3.11. The minimum atomic E-state index is -0.423. The van der Waals surface area contributed by atoms with Crippen molar-refractivity contribution in [2.45, 2.75) is 6.04 Å². The van der Waals surface area contributed by atoms with Gasteiger partial charge in [0.25, 0.3) is 0 Å². The predicted octanol–water partition coefficient (Wildman–Crippen LogP) is 1.44. The molecule has 0 amide bonds. The molecule has 1 aliphatic heterocycles. The van der Waals surface area contributed by atoms with E-state index in [0.29, 0.717) is 30.4 Å². The third kappa shape index (κ3) is 2.70. The Hall–Kier alpha value is -3.69. The Kier molecular flexibility index (Phi) is 3.81. The van der Waals surface area contributed by atoms with Crippen LogP contribution in [-0.4, -0.2) is 60.9 Å². The maximum absolute atomic E-state index is 13.9. The number of rotatable bonds is 4. The Morgan fingerprint density at radius 2 is 2.00 bits per heavy atom. The molecule has 4 aromatic rings. The molecule has 1 saturated heterocycles. The SMILES string of the molecule is CN(c1ncncc1F)C1CN(c2ccc3nnc(-c4cccnc4)n3n2)C1. The van der Waals surface area contributed by atoms with Crippen LogP contribution in [0.2, 0.25) is 0 Å². The Bertz CT molecular complexity index is 1120. The number of fused-ring (bicyclic) bond motifs is 1. The van der Waals surface area contributed by atoms with Crippen molar-refractivity contribution in [1.29, 1.82) is 0 Å². The minimum Gasteiger partial charge on any atom is -0.351 e. The van der Waals surface area contributed by atoms with Crippen molar-refractivity contribution >= 4 is 17.3 Å². The monoisotopic (exact) mass is 377 g/mol. The first-order valence-corrected chi connectivity index (χ1v) is 8.77. The summed E-state index contributed by atoms with van der Waals surface area (Å²) < 4.78 is 15.6. The van der Waals surface area contributed by atoms with Crippen LogP contribution in [0.15, 0.2) is 49.2 Å². The smallest absolute Gasteiger partial charge is 0.187 e. The molecule has 4 aromatic heterocycles. The summed E-state index contributed by atoms with van der Waals surface area (Å²) in [6.45, 7) is 1.42. The first-order chi connectivity index (χ1) is 13.7. The van der Waals surface area contributed by atoms with Gasteiger partial charge in [-0.05, 0) is 24.3 Å². The van der Waals surface area contributed by atoms with E-state index in [4.69, 9.17) is 0 Å². The van der Waals surface area contributed by atoms with Gasteiger partial charge in [-0.25, -0.2) is 14.4 Å². The van der Waals surface area contributed by atoms with E-state index in [1.54, 1.807) is 16.9 Å². The number of halogens is 1. The molecule has 1 aliphatic rings. The van der Waals surface area contributed by atoms with E-state index in [9.17, 15) is 4.39 Å². The third-order valence-corrected chi connectivity index (χ3v) is 4.88. The maximum Gasteiger partial charge on any atom is 0.187 e. The van der Waals surface area contributed by atoms with Gasteiger partial charge >= 0.3 is 0 Å². The Morgan fingerprint density at radius 1 is 1.11 bits per heavy atom. The molecule has 140 valence electrons. The molecule has 0 saturated carbocycles. The van der Waals surface area contributed by atoms with Crippen LogP contribution in [0.25, 0.3) is 17.0 Å². The summed E-state index contributed by atoms with van der Waals surface area (Å²) in [5.74, 6) is 1.33. The highest BCUT2D eigenvalue weighted by Gasteiger charge is 2.33. The van der Waals surface area contributed by atoms with Crippen molar-refractivity contribution in [1.82, 2.24) is 34.8 Å². The molecule has 0 aromatic carbocycles. The highest BCUT2D eigenvalue weighted by Crippen LogP contribution is 2.26. The van der Waals surface area contributed by atoms with E-state index >= 15 is 0 Å². The van der Waals surface area contributed by atoms with Crippen LogP contribution in [-0.2, 0) is 0 Å². The fraction of sp³-hybridized carbons (Fsp3) is 0.222. The molecular weight excluding hydrogens is 361 g/mol. The Morgan fingerprint density at radius 3 is 2.79 bits per heavy atom. The highest BCUT2D eigenvalue weighted by atomic mass is 19.1. The van der Waals surface area contributed by atoms with Crippen molar-refractivity contribution in [2.75, 3.05) is 29.9 Å². The standard InChI is InChI=1S/C18H16FN9/c1-26(18-14(19)8-21-11-22-18)13-9-27(10-13)16-5-4-15-23-24-17(28(15)25-16)12-3-2-6-20-7-12/h2-8,11,13H,9-10H2,1H3. The quantitative estimate of drug-likeness (QED) is 0.528. The van der Waals surface area contributed by atoms with Gasteiger partial charge in [-0.2, -0.15) is 4.52 Å². The fourth-order valence-electron chi connectivity index (χ4n) is 3.25. The largest absolute Gasteiger partial charge is 0.351 e. The van der Waals surface area contributed by atoms with Crippen LogP contribution in [0.4, 0.5) is 16.0 Å². The zero-order valence-corrected chi connectivity index (χ0v) is 15.0. The number of aromatic nitrogens is 7. The second-order valence-corrected chi connectivity index (χ2v) is 6.59. The van der Waals surface area contributed by atoms with Crippen LogP contribution in [0, 0.1) is 5.82 Å². The summed E-state index contributed by atoms with van der Waals surface area (Å²) in [6, 6.07) is 7.71. The number of anilines is 2. The molecule has 0 N–H and O–H groups in total. The van der Waals surface area contributed by atoms with Gasteiger partial charge in [-0.3, -0.25) is 4.98 Å². The lowest BCUT2D eigenvalue weighted by Gasteiger charge is -2.44. The summed E-state index contributed by atoms with van der Waals surface area (Å²) in [4.78, 5) is 15.8. The van der Waals surface area contributed by atoms with Crippen molar-refractivity contribution in [3.8, 4) is 11.4 Å². The van der Waals surface area contributed by atoms with Crippen LogP contribution in [0.1, 0.15) is 0 Å². The van der Waals surface area contributed by atoms with Crippen molar-refractivity contribution in [2.24, 2.45) is 0 Å². The first-order valence-electron chi connectivity index (χ1n) is 8.77. The molecule has 10 heteroatoms. The minimum absolute atomic E-state index is 0.139. The fourth-order valence-corrected chi connectivity index (χ4v) is 3.25. The molecule has 5 rings (SSSR count). The van der Waals surface area contributed by atoms with Gasteiger partial charge in [0, 0.05) is 38.1 Å². The van der Waals surface area contributed by atoms with Crippen LogP contribution in [0.3, 0.4) is 0 Å². The summed E-state index contributed by atoms with van der Waals surface area (Å²) in [7, 11) is 1.84. The van der Waals surface area contributed by atoms with E-state index in [1.165, 1.54) is 12.5 Å². The number of hydrogen-bond donors (Lipinski definition) is 0. The first kappa shape index (κ1) is 16.5. The molecule has 0 bridgehead atoms. The van der Waals surface area contributed by atoms with E-state index < -0.39 is 5.82 Å². The van der Waals surface area contributed by atoms with Gasteiger partial charge in [0.2, 0.25) is 0 Å². The molecule has 0 radical (unpaired) electrons. The number of likely N-dealkylation sites (N-methyl/N-ethyl adjacent to an activating group) is 1. The molecule has 0 aliphatic carbocycles. The molecule has 28 heavy (non-hydrogen) atoms. The predicted molar refractivity (Wildman–Crippen MR) is 100 cm³/mol. The van der Waals surface area contributed by atoms with E-state index in [2.05, 4.69) is 35.1 Å².